The van der Waals surface area contributed by atoms with Gasteiger partial charge < -0.3 is 37.3 Å². The first-order chi connectivity index (χ1) is 15.8. The number of phosphoric acid groups is 1. The fourth-order valence-electron chi connectivity index (χ4n) is 1.85. The average molecular weight is 544 g/mol. The molecule has 0 saturated carbocycles. The molecule has 0 aliphatic heterocycles. The number of likely N-dealkylation sites (N-methyl/N-ethyl adjacent to an activating group) is 2. The van der Waals surface area contributed by atoms with Gasteiger partial charge in [0, 0.05) is 11.7 Å². The molecule has 0 rings (SSSR count). The molecule has 2 unspecified atom stereocenters. The Hall–Kier alpha value is -1.16. The molecule has 0 aliphatic carbocycles. The molecule has 0 heterocycles. The second-order valence-electron chi connectivity index (χ2n) is 10.1. The first-order valence-corrected chi connectivity index (χ1v) is 14.0. The van der Waals surface area contributed by atoms with E-state index < -0.39 is 21.9 Å². The average Bonchev–Trinajstić information content (AvgIpc) is 2.65. The molecule has 35 heavy (non-hydrogen) atoms. The van der Waals surface area contributed by atoms with E-state index in [4.69, 9.17) is 14.0 Å². The molecular weight excluding hydrogens is 498 g/mol. The van der Waals surface area contributed by atoms with Crippen molar-refractivity contribution in [1.29, 1.82) is 0 Å². The van der Waals surface area contributed by atoms with Gasteiger partial charge in [0.2, 0.25) is 5.52 Å². The van der Waals surface area contributed by atoms with E-state index in [1.54, 1.807) is 13.2 Å². The van der Waals surface area contributed by atoms with Crippen LogP contribution in [-0.4, -0.2) is 113 Å². The van der Waals surface area contributed by atoms with E-state index in [9.17, 15) is 23.9 Å². The number of carbonyl (C=O) groups excluding carboxylic acids is 2. The summed E-state index contributed by atoms with van der Waals surface area (Å²) in [7, 11) is 5.57. The summed E-state index contributed by atoms with van der Waals surface area (Å²) in [5.41, 5.74) is 1.13. The summed E-state index contributed by atoms with van der Waals surface area (Å²) < 4.78 is 31.6. The van der Waals surface area contributed by atoms with Crippen molar-refractivity contribution in [2.45, 2.75) is 20.8 Å². The Morgan fingerprint density at radius 3 is 1.97 bits per heavy atom. The highest BCUT2D eigenvalue weighted by Gasteiger charge is 2.22. The largest absolute Gasteiger partial charge is 0.756 e. The number of nitrogens with zero attached hydrogens (tertiary/aromatic N) is 2. The summed E-state index contributed by atoms with van der Waals surface area (Å²) in [5, 5.41) is 0. The van der Waals surface area contributed by atoms with Crippen LogP contribution < -0.4 is 4.89 Å². The zero-order chi connectivity index (χ0) is 27.9. The Morgan fingerprint density at radius 2 is 1.51 bits per heavy atom. The van der Waals surface area contributed by atoms with Crippen LogP contribution in [0.5, 0.6) is 0 Å². The smallest absolute Gasteiger partial charge is 0.333 e. The first kappa shape index (κ1) is 36.0. The molecule has 0 aromatic heterocycles. The van der Waals surface area contributed by atoms with Gasteiger partial charge in [-0.2, -0.15) is 0 Å². The highest BCUT2D eigenvalue weighted by molar-refractivity contribution is 7.69. The monoisotopic (exact) mass is 543 g/mol. The molecule has 11 nitrogen and oxygen atoms in total. The van der Waals surface area contributed by atoms with Crippen molar-refractivity contribution in [2.75, 3.05) is 88.0 Å². The number of phosphoric ester groups is 1. The lowest BCUT2D eigenvalue weighted by Gasteiger charge is -2.27. The molecule has 0 aromatic carbocycles. The fourth-order valence-corrected chi connectivity index (χ4v) is 3.63. The van der Waals surface area contributed by atoms with Gasteiger partial charge in [-0.05, 0) is 26.3 Å². The van der Waals surface area contributed by atoms with Gasteiger partial charge in [0.25, 0.3) is 7.82 Å². The predicted octanol–water partition coefficient (Wildman–Crippen LogP) is 1.86. The van der Waals surface area contributed by atoms with E-state index in [2.05, 4.69) is 11.1 Å². The Labute approximate surface area is 211 Å². The van der Waals surface area contributed by atoms with Crippen LogP contribution in [0.15, 0.2) is 24.0 Å². The van der Waals surface area contributed by atoms with E-state index in [0.29, 0.717) is 21.1 Å². The van der Waals surface area contributed by atoms with Crippen LogP contribution in [0, 0.1) is 0 Å². The summed E-state index contributed by atoms with van der Waals surface area (Å²) >= 11 is 0. The Bertz CT molecular complexity index is 740. The van der Waals surface area contributed by atoms with Gasteiger partial charge in [-0.15, -0.1) is 0 Å². The van der Waals surface area contributed by atoms with E-state index in [0.717, 1.165) is 5.57 Å². The van der Waals surface area contributed by atoms with E-state index >= 15 is 0 Å². The standard InChI is InChI=1S/C11H24NO5P.C11H21NO4P/c1-11(2)10-15-8-9-17-18(13,14)16-7-6-12(3,4)5;1-9(2)11(14)16-6-7-17(15)10(13)8-12(3,4)5/h10H,6-9H2,1-5H3;15H,1,6-8H2,2-5H3/q;+1. The zero-order valence-electron chi connectivity index (χ0n) is 22.7. The minimum Gasteiger partial charge on any atom is -0.756 e. The normalized spacial score (nSPS) is 14.0. The molecule has 2 atom stereocenters. The van der Waals surface area contributed by atoms with Crippen LogP contribution in [0.4, 0.5) is 0 Å². The van der Waals surface area contributed by atoms with Gasteiger partial charge >= 0.3 is 5.97 Å². The number of allylic oxidation sites excluding steroid dienone is 1. The highest BCUT2D eigenvalue weighted by Crippen LogP contribution is 2.37. The number of hydrogen-bond donors (Lipinski definition) is 1. The van der Waals surface area contributed by atoms with Crippen LogP contribution in [0.3, 0.4) is 0 Å². The van der Waals surface area contributed by atoms with Gasteiger partial charge in [0.05, 0.1) is 61.8 Å². The van der Waals surface area contributed by atoms with E-state index in [1.165, 1.54) is 0 Å². The van der Waals surface area contributed by atoms with Crippen molar-refractivity contribution in [2.24, 2.45) is 0 Å². The van der Waals surface area contributed by atoms with Gasteiger partial charge in [-0.25, -0.2) is 4.79 Å². The van der Waals surface area contributed by atoms with Crippen molar-refractivity contribution in [1.82, 2.24) is 0 Å². The highest BCUT2D eigenvalue weighted by atomic mass is 31.2. The van der Waals surface area contributed by atoms with Crippen molar-refractivity contribution in [3.8, 4) is 0 Å². The second-order valence-corrected chi connectivity index (χ2v) is 13.2. The number of hydrogen-bond acceptors (Lipinski definition) is 9. The van der Waals surface area contributed by atoms with Gasteiger partial charge in [-0.3, -0.25) is 9.36 Å². The van der Waals surface area contributed by atoms with Crippen LogP contribution in [0.25, 0.3) is 0 Å². The minimum atomic E-state index is -4.20. The molecule has 206 valence electrons. The van der Waals surface area contributed by atoms with Gasteiger partial charge in [-0.1, -0.05) is 6.58 Å². The quantitative estimate of drug-likeness (QED) is 0.0774. The predicted molar refractivity (Wildman–Crippen MR) is 135 cm³/mol. The lowest BCUT2D eigenvalue weighted by atomic mass is 10.4. The summed E-state index contributed by atoms with van der Waals surface area (Å²) in [6.07, 6.45) is 1.74. The number of rotatable bonds is 16. The second kappa shape index (κ2) is 17.3. The van der Waals surface area contributed by atoms with Crippen LogP contribution in [0.1, 0.15) is 20.8 Å². The maximum Gasteiger partial charge on any atom is 0.333 e. The third-order valence-corrected chi connectivity index (χ3v) is 5.88. The van der Waals surface area contributed by atoms with Crippen LogP contribution >= 0.6 is 16.0 Å². The molecule has 0 spiro atoms. The summed E-state index contributed by atoms with van der Waals surface area (Å²) in [6.45, 7) is 9.90. The minimum absolute atomic E-state index is 0.0467. The van der Waals surface area contributed by atoms with Crippen molar-refractivity contribution < 1.29 is 51.4 Å². The van der Waals surface area contributed by atoms with E-state index in [-0.39, 0.29) is 44.7 Å². The van der Waals surface area contributed by atoms with Crippen LogP contribution in [0.2, 0.25) is 0 Å². The van der Waals surface area contributed by atoms with Gasteiger partial charge in [0.15, 0.2) is 0 Å². The Kier molecular flexibility index (Phi) is 17.8. The lowest BCUT2D eigenvalue weighted by molar-refractivity contribution is -0.870. The van der Waals surface area contributed by atoms with Crippen molar-refractivity contribution in [3.05, 3.63) is 24.0 Å². The van der Waals surface area contributed by atoms with Crippen molar-refractivity contribution in [3.63, 3.8) is 0 Å². The lowest BCUT2D eigenvalue weighted by Crippen LogP contribution is -2.39. The number of ether oxygens (including phenoxy) is 2. The fraction of sp³-hybridized carbons (Fsp3) is 0.727. The summed E-state index contributed by atoms with van der Waals surface area (Å²) in [6, 6.07) is 0. The third-order valence-electron chi connectivity index (χ3n) is 3.56. The van der Waals surface area contributed by atoms with Gasteiger partial charge in [0.1, 0.15) is 34.5 Å². The molecule has 0 radical (unpaired) electrons. The topological polar surface area (TPSA) is 131 Å². The first-order valence-electron chi connectivity index (χ1n) is 11.0. The molecule has 0 fully saturated rings. The molecular formula is C22H45N2O9P2+. The molecule has 13 heteroatoms. The number of esters is 1. The molecule has 0 aliphatic rings. The maximum absolute atomic E-state index is 11.6. The number of carbonyl (C=O) groups is 2. The molecule has 1 N–H and O–H groups in total. The van der Waals surface area contributed by atoms with Crippen molar-refractivity contribution >= 4 is 27.5 Å². The SMILES string of the molecule is C=C(C)C(=O)OCCP(O)C(=O)C[N+](C)(C)C.CC(C)=COCCOP(=O)([O-])OCC[N+](C)(C)C. The van der Waals surface area contributed by atoms with Crippen LogP contribution in [-0.2, 0) is 32.7 Å². The molecule has 0 aromatic rings. The Morgan fingerprint density at radius 1 is 0.971 bits per heavy atom. The summed E-state index contributed by atoms with van der Waals surface area (Å²) in [4.78, 5) is 43.6. The molecule has 0 amide bonds. The molecule has 0 bridgehead atoms. The summed E-state index contributed by atoms with van der Waals surface area (Å²) in [5.74, 6) is -0.493. The number of quaternary nitrogens is 2. The maximum atomic E-state index is 11.6. The Balaban J connectivity index is 0. The zero-order valence-corrected chi connectivity index (χ0v) is 24.5. The molecule has 0 saturated heterocycles. The third kappa shape index (κ3) is 25.7. The van der Waals surface area contributed by atoms with E-state index in [1.807, 2.05) is 56.1 Å².